The summed E-state index contributed by atoms with van der Waals surface area (Å²) in [6.45, 7) is 2.08. The van der Waals surface area contributed by atoms with Gasteiger partial charge in [0.2, 0.25) is 0 Å². The van der Waals surface area contributed by atoms with E-state index >= 15 is 0 Å². The minimum Gasteiger partial charge on any atom is -0.476 e. The maximum atomic E-state index is 12.3. The Morgan fingerprint density at radius 2 is 1.50 bits per heavy atom. The minimum absolute atomic E-state index is 0.370. The lowest BCUT2D eigenvalue weighted by Gasteiger charge is -2.19. The number of ether oxygens (including phenoxy) is 2. The monoisotopic (exact) mass is 660 g/mol. The quantitative estimate of drug-likeness (QED) is 0.140. The van der Waals surface area contributed by atoms with E-state index < -0.39 is 6.10 Å². The van der Waals surface area contributed by atoms with Gasteiger partial charge in [0.25, 0.3) is 0 Å². The van der Waals surface area contributed by atoms with Crippen LogP contribution >= 0.6 is 31.9 Å². The Labute approximate surface area is 251 Å². The number of esters is 1. The molecule has 5 rings (SSSR count). The van der Waals surface area contributed by atoms with Crippen LogP contribution in [-0.4, -0.2) is 19.2 Å². The number of fused-ring (bicyclic) bond motifs is 1. The highest BCUT2D eigenvalue weighted by molar-refractivity contribution is 9.11. The molecule has 1 atom stereocenters. The van der Waals surface area contributed by atoms with Crippen molar-refractivity contribution in [1.82, 2.24) is 0 Å². The second-order valence-electron chi connectivity index (χ2n) is 9.68. The second-order valence-corrected chi connectivity index (χ2v) is 11.4. The van der Waals surface area contributed by atoms with Gasteiger partial charge in [-0.3, -0.25) is 0 Å². The molecule has 6 heteroatoms. The Bertz CT molecular complexity index is 1580. The molecule has 0 fully saturated rings. The van der Waals surface area contributed by atoms with Crippen LogP contribution in [0, 0.1) is 0 Å². The van der Waals surface area contributed by atoms with Crippen LogP contribution in [0.4, 0.5) is 0 Å². The standard InChI is InChI=1S/C34H30Br2O4/c1-3-4-13-30(34(37)38-2)40-33-27(35)20-25(21-28(33)36)23-15-17-24(18-16-23)32-26-12-8-9-14-29(26)39-31(32)19-22-10-6-5-7-11-22/h5-12,14-18,20-21,30H,3-4,13,19H2,1-2H3. The topological polar surface area (TPSA) is 48.7 Å². The highest BCUT2D eigenvalue weighted by atomic mass is 79.9. The van der Waals surface area contributed by atoms with E-state index in [4.69, 9.17) is 13.9 Å². The summed E-state index contributed by atoms with van der Waals surface area (Å²) in [6, 6.07) is 31.1. The number of rotatable bonds is 10. The summed E-state index contributed by atoms with van der Waals surface area (Å²) >= 11 is 7.32. The van der Waals surface area contributed by atoms with Crippen molar-refractivity contribution < 1.29 is 18.7 Å². The van der Waals surface area contributed by atoms with Crippen molar-refractivity contribution in [2.45, 2.75) is 38.7 Å². The van der Waals surface area contributed by atoms with E-state index in [0.717, 1.165) is 67.2 Å². The first kappa shape index (κ1) is 28.2. The maximum absolute atomic E-state index is 12.3. The number of hydrogen-bond acceptors (Lipinski definition) is 4. The summed E-state index contributed by atoms with van der Waals surface area (Å²) in [4.78, 5) is 12.3. The van der Waals surface area contributed by atoms with E-state index in [0.29, 0.717) is 12.2 Å². The summed E-state index contributed by atoms with van der Waals surface area (Å²) < 4.78 is 18.9. The van der Waals surface area contributed by atoms with E-state index in [-0.39, 0.29) is 5.97 Å². The first-order valence-electron chi connectivity index (χ1n) is 13.4. The van der Waals surface area contributed by atoms with Crippen LogP contribution < -0.4 is 4.74 Å². The van der Waals surface area contributed by atoms with Crippen molar-refractivity contribution in [2.75, 3.05) is 7.11 Å². The first-order chi connectivity index (χ1) is 19.5. The lowest BCUT2D eigenvalue weighted by Crippen LogP contribution is -2.28. The van der Waals surface area contributed by atoms with Crippen LogP contribution in [0.5, 0.6) is 5.75 Å². The third kappa shape index (κ3) is 6.18. The number of methoxy groups -OCH3 is 1. The molecular formula is C34H30Br2O4. The fourth-order valence-electron chi connectivity index (χ4n) is 4.87. The highest BCUT2D eigenvalue weighted by Crippen LogP contribution is 2.41. The molecule has 0 aliphatic heterocycles. The second kappa shape index (κ2) is 12.9. The van der Waals surface area contributed by atoms with Crippen molar-refractivity contribution in [3.05, 3.63) is 111 Å². The van der Waals surface area contributed by atoms with Gasteiger partial charge in [0, 0.05) is 17.4 Å². The third-order valence-electron chi connectivity index (χ3n) is 6.93. The van der Waals surface area contributed by atoms with Gasteiger partial charge in [-0.25, -0.2) is 4.79 Å². The predicted molar refractivity (Wildman–Crippen MR) is 168 cm³/mol. The number of halogens is 2. The average Bonchev–Trinajstić information content (AvgIpc) is 3.34. The van der Waals surface area contributed by atoms with Crippen molar-refractivity contribution in [3.8, 4) is 28.0 Å². The van der Waals surface area contributed by atoms with E-state index in [1.807, 2.05) is 36.4 Å². The van der Waals surface area contributed by atoms with Crippen LogP contribution in [-0.2, 0) is 16.0 Å². The van der Waals surface area contributed by atoms with Gasteiger partial charge in [-0.05, 0) is 85.2 Å². The minimum atomic E-state index is -0.655. The zero-order valence-electron chi connectivity index (χ0n) is 22.5. The fraction of sp³-hybridized carbons (Fsp3) is 0.206. The molecule has 1 unspecified atom stereocenters. The van der Waals surface area contributed by atoms with Gasteiger partial charge in [-0.15, -0.1) is 0 Å². The van der Waals surface area contributed by atoms with Crippen LogP contribution in [0.2, 0.25) is 0 Å². The largest absolute Gasteiger partial charge is 0.476 e. The lowest BCUT2D eigenvalue weighted by atomic mass is 9.96. The van der Waals surface area contributed by atoms with E-state index in [1.54, 1.807) is 0 Å². The number of hydrogen-bond donors (Lipinski definition) is 0. The molecule has 5 aromatic rings. The molecular weight excluding hydrogens is 632 g/mol. The van der Waals surface area contributed by atoms with Gasteiger partial charge in [0.05, 0.1) is 16.1 Å². The summed E-state index contributed by atoms with van der Waals surface area (Å²) in [6.07, 6.45) is 2.51. The molecule has 0 radical (unpaired) electrons. The Balaban J connectivity index is 1.45. The molecule has 0 aliphatic rings. The molecule has 0 spiro atoms. The maximum Gasteiger partial charge on any atom is 0.347 e. The first-order valence-corrected chi connectivity index (χ1v) is 15.0. The van der Waals surface area contributed by atoms with E-state index in [2.05, 4.69) is 93.4 Å². The molecule has 0 saturated heterocycles. The number of para-hydroxylation sites is 1. The van der Waals surface area contributed by atoms with Crippen molar-refractivity contribution in [1.29, 1.82) is 0 Å². The lowest BCUT2D eigenvalue weighted by molar-refractivity contribution is -0.149. The van der Waals surface area contributed by atoms with Crippen LogP contribution in [0.1, 0.15) is 37.5 Å². The molecule has 0 N–H and O–H groups in total. The summed E-state index contributed by atoms with van der Waals surface area (Å²) in [5, 5.41) is 1.11. The average molecular weight is 662 g/mol. The molecule has 0 aliphatic carbocycles. The van der Waals surface area contributed by atoms with Crippen LogP contribution in [0.3, 0.4) is 0 Å². The fourth-order valence-corrected chi connectivity index (χ4v) is 6.25. The van der Waals surface area contributed by atoms with Gasteiger partial charge in [0.1, 0.15) is 17.1 Å². The summed E-state index contributed by atoms with van der Waals surface area (Å²) in [5.41, 5.74) is 6.40. The Morgan fingerprint density at radius 1 is 0.850 bits per heavy atom. The molecule has 0 amide bonds. The normalized spacial score (nSPS) is 11.9. The number of carbonyl (C=O) groups excluding carboxylic acids is 1. The van der Waals surface area contributed by atoms with Crippen molar-refractivity contribution in [2.24, 2.45) is 0 Å². The molecule has 1 aromatic heterocycles. The summed E-state index contributed by atoms with van der Waals surface area (Å²) in [5.74, 6) is 1.17. The third-order valence-corrected chi connectivity index (χ3v) is 8.10. The Morgan fingerprint density at radius 3 is 2.17 bits per heavy atom. The van der Waals surface area contributed by atoms with Gasteiger partial charge >= 0.3 is 5.97 Å². The number of unbranched alkanes of at least 4 members (excludes halogenated alkanes) is 1. The molecule has 0 bridgehead atoms. The zero-order valence-corrected chi connectivity index (χ0v) is 25.6. The Hall–Kier alpha value is -3.35. The molecule has 4 aromatic carbocycles. The van der Waals surface area contributed by atoms with Gasteiger partial charge < -0.3 is 13.9 Å². The van der Waals surface area contributed by atoms with E-state index in [1.165, 1.54) is 12.7 Å². The van der Waals surface area contributed by atoms with Crippen LogP contribution in [0.25, 0.3) is 33.2 Å². The SMILES string of the molecule is CCCCC(Oc1c(Br)cc(-c2ccc(-c3c(Cc4ccccc4)oc4ccccc34)cc2)cc1Br)C(=O)OC. The van der Waals surface area contributed by atoms with Crippen LogP contribution in [0.15, 0.2) is 104 Å². The van der Waals surface area contributed by atoms with Gasteiger partial charge in [0.15, 0.2) is 6.10 Å². The number of furan rings is 1. The summed E-state index contributed by atoms with van der Waals surface area (Å²) in [7, 11) is 1.39. The molecule has 0 saturated carbocycles. The number of benzene rings is 4. The molecule has 40 heavy (non-hydrogen) atoms. The molecule has 1 heterocycles. The molecule has 4 nitrogen and oxygen atoms in total. The number of carbonyl (C=O) groups is 1. The van der Waals surface area contributed by atoms with Gasteiger partial charge in [-0.2, -0.15) is 0 Å². The van der Waals surface area contributed by atoms with Gasteiger partial charge in [-0.1, -0.05) is 86.1 Å². The van der Waals surface area contributed by atoms with Crippen molar-refractivity contribution in [3.63, 3.8) is 0 Å². The highest BCUT2D eigenvalue weighted by Gasteiger charge is 2.23. The predicted octanol–water partition coefficient (Wildman–Crippen LogP) is 9.99. The zero-order chi connectivity index (χ0) is 28.1. The van der Waals surface area contributed by atoms with Crippen molar-refractivity contribution >= 4 is 48.8 Å². The Kier molecular flexibility index (Phi) is 9.08. The van der Waals surface area contributed by atoms with E-state index in [9.17, 15) is 4.79 Å². The smallest absolute Gasteiger partial charge is 0.347 e. The molecule has 204 valence electrons.